The largest absolute Gasteiger partial charge is 0.479 e. The molecular formula is C14H15FO4. The van der Waals surface area contributed by atoms with E-state index in [1.807, 2.05) is 0 Å². The number of alkyl halides is 1. The Morgan fingerprint density at radius 2 is 2.21 bits per heavy atom. The van der Waals surface area contributed by atoms with E-state index in [2.05, 4.69) is 0 Å². The van der Waals surface area contributed by atoms with Crippen molar-refractivity contribution in [2.45, 2.75) is 19.5 Å². The van der Waals surface area contributed by atoms with Crippen molar-refractivity contribution in [1.82, 2.24) is 0 Å². The van der Waals surface area contributed by atoms with Crippen LogP contribution in [0.4, 0.5) is 4.39 Å². The number of carbonyl (C=O) groups excluding carboxylic acids is 1. The average Bonchev–Trinajstić information content (AvgIpc) is 2.35. The molecule has 19 heavy (non-hydrogen) atoms. The zero-order valence-corrected chi connectivity index (χ0v) is 10.5. The molecule has 1 aromatic carbocycles. The molecule has 0 saturated heterocycles. The van der Waals surface area contributed by atoms with Crippen LogP contribution >= 0.6 is 0 Å². The highest BCUT2D eigenvalue weighted by atomic mass is 19.1. The lowest BCUT2D eigenvalue weighted by atomic mass is 10.1. The third-order valence-electron chi connectivity index (χ3n) is 2.33. The van der Waals surface area contributed by atoms with Crippen LogP contribution in [-0.4, -0.2) is 29.8 Å². The van der Waals surface area contributed by atoms with Gasteiger partial charge in [-0.3, -0.25) is 4.79 Å². The first kappa shape index (κ1) is 14.9. The number of carbonyl (C=O) groups is 2. The molecule has 0 aliphatic heterocycles. The smallest absolute Gasteiger partial charge is 0.338 e. The van der Waals surface area contributed by atoms with Crippen molar-refractivity contribution in [2.75, 3.05) is 6.61 Å². The van der Waals surface area contributed by atoms with E-state index >= 15 is 0 Å². The van der Waals surface area contributed by atoms with Crippen molar-refractivity contribution in [3.8, 4) is 0 Å². The van der Waals surface area contributed by atoms with Gasteiger partial charge in [-0.05, 0) is 17.2 Å². The first-order valence-corrected chi connectivity index (χ1v) is 5.74. The molecule has 1 aromatic rings. The van der Waals surface area contributed by atoms with Gasteiger partial charge in [-0.2, -0.15) is 0 Å². The minimum Gasteiger partial charge on any atom is -0.479 e. The summed E-state index contributed by atoms with van der Waals surface area (Å²) in [6, 6.07) is 6.87. The Bertz CT molecular complexity index is 482. The summed E-state index contributed by atoms with van der Waals surface area (Å²) in [5, 5.41) is 8.50. The molecule has 0 aliphatic rings. The Morgan fingerprint density at radius 1 is 1.47 bits per heavy atom. The fourth-order valence-electron chi connectivity index (χ4n) is 1.47. The molecule has 0 saturated carbocycles. The van der Waals surface area contributed by atoms with Crippen molar-refractivity contribution in [3.63, 3.8) is 0 Å². The number of esters is 1. The van der Waals surface area contributed by atoms with Gasteiger partial charge < -0.3 is 9.84 Å². The van der Waals surface area contributed by atoms with Crippen molar-refractivity contribution in [3.05, 3.63) is 41.5 Å². The molecule has 4 nitrogen and oxygen atoms in total. The Labute approximate surface area is 110 Å². The van der Waals surface area contributed by atoms with Gasteiger partial charge in [0.05, 0.1) is 0 Å². The third kappa shape index (κ3) is 5.81. The van der Waals surface area contributed by atoms with E-state index in [0.29, 0.717) is 5.56 Å². The molecule has 0 bridgehead atoms. The third-order valence-corrected chi connectivity index (χ3v) is 2.33. The molecule has 0 fully saturated rings. The Kier molecular flexibility index (Phi) is 5.73. The van der Waals surface area contributed by atoms with Crippen molar-refractivity contribution in [1.29, 1.82) is 0 Å². The first-order chi connectivity index (χ1) is 8.99. The molecule has 0 radical (unpaired) electrons. The van der Waals surface area contributed by atoms with Crippen LogP contribution in [0.1, 0.15) is 18.1 Å². The van der Waals surface area contributed by atoms with E-state index in [1.54, 1.807) is 36.4 Å². The number of aliphatic carboxylic acids is 1. The summed E-state index contributed by atoms with van der Waals surface area (Å²) in [4.78, 5) is 21.0. The number of rotatable bonds is 6. The number of carboxylic acid groups (broad SMARTS) is 1. The second-order valence-corrected chi connectivity index (χ2v) is 3.96. The molecule has 1 atom stereocenters. The topological polar surface area (TPSA) is 63.6 Å². The van der Waals surface area contributed by atoms with Gasteiger partial charge in [0.25, 0.3) is 0 Å². The van der Waals surface area contributed by atoms with Gasteiger partial charge >= 0.3 is 11.9 Å². The zero-order valence-electron chi connectivity index (χ0n) is 10.5. The van der Waals surface area contributed by atoms with Gasteiger partial charge in [0.1, 0.15) is 6.61 Å². The fraction of sp³-hybridized carbons (Fsp3) is 0.286. The van der Waals surface area contributed by atoms with Crippen LogP contribution in [0.3, 0.4) is 0 Å². The van der Waals surface area contributed by atoms with E-state index in [0.717, 1.165) is 5.56 Å². The van der Waals surface area contributed by atoms with Crippen LogP contribution in [0, 0.1) is 0 Å². The summed E-state index contributed by atoms with van der Waals surface area (Å²) in [5.74, 6) is -1.82. The molecule has 1 N–H and O–H groups in total. The predicted molar refractivity (Wildman–Crippen MR) is 68.3 cm³/mol. The van der Waals surface area contributed by atoms with Crippen molar-refractivity contribution < 1.29 is 23.8 Å². The SMILES string of the molecule is CC(=O)OCC=Cc1cccc(CC(F)C(=O)O)c1. The van der Waals surface area contributed by atoms with Crippen LogP contribution < -0.4 is 0 Å². The number of hydrogen-bond donors (Lipinski definition) is 1. The average molecular weight is 266 g/mol. The second-order valence-electron chi connectivity index (χ2n) is 3.96. The maximum absolute atomic E-state index is 13.1. The molecule has 1 rings (SSSR count). The number of carboxylic acids is 1. The standard InChI is InChI=1S/C14H15FO4/c1-10(16)19-7-3-6-11-4-2-5-12(8-11)9-13(15)14(17)18/h2-6,8,13H,7,9H2,1H3,(H,17,18). The van der Waals surface area contributed by atoms with E-state index in [4.69, 9.17) is 9.84 Å². The number of halogens is 1. The van der Waals surface area contributed by atoms with E-state index in [9.17, 15) is 14.0 Å². The van der Waals surface area contributed by atoms with E-state index in [-0.39, 0.29) is 19.0 Å². The van der Waals surface area contributed by atoms with Gasteiger partial charge in [-0.25, -0.2) is 9.18 Å². The first-order valence-electron chi connectivity index (χ1n) is 5.74. The van der Waals surface area contributed by atoms with Gasteiger partial charge in [-0.1, -0.05) is 30.3 Å². The molecule has 102 valence electrons. The van der Waals surface area contributed by atoms with Crippen LogP contribution in [0.15, 0.2) is 30.3 Å². The van der Waals surface area contributed by atoms with Crippen molar-refractivity contribution >= 4 is 18.0 Å². The number of ether oxygens (including phenoxy) is 1. The monoisotopic (exact) mass is 266 g/mol. The number of benzene rings is 1. The summed E-state index contributed by atoms with van der Waals surface area (Å²) >= 11 is 0. The van der Waals surface area contributed by atoms with Crippen LogP contribution in [0.25, 0.3) is 6.08 Å². The summed E-state index contributed by atoms with van der Waals surface area (Å²) in [6.07, 6.45) is 1.31. The minimum atomic E-state index is -1.90. The van der Waals surface area contributed by atoms with Gasteiger partial charge in [0.15, 0.2) is 0 Å². The van der Waals surface area contributed by atoms with Gasteiger partial charge in [0, 0.05) is 13.3 Å². The van der Waals surface area contributed by atoms with Crippen LogP contribution in [0.2, 0.25) is 0 Å². The normalized spacial score (nSPS) is 12.3. The molecule has 0 aliphatic carbocycles. The maximum atomic E-state index is 13.1. The lowest BCUT2D eigenvalue weighted by Gasteiger charge is -2.04. The maximum Gasteiger partial charge on any atom is 0.338 e. The molecule has 5 heteroatoms. The molecule has 0 amide bonds. The molecule has 1 unspecified atom stereocenters. The highest BCUT2D eigenvalue weighted by Gasteiger charge is 2.15. The summed E-state index contributed by atoms with van der Waals surface area (Å²) in [5.41, 5.74) is 1.40. The van der Waals surface area contributed by atoms with Gasteiger partial charge in [-0.15, -0.1) is 0 Å². The quantitative estimate of drug-likeness (QED) is 0.802. The van der Waals surface area contributed by atoms with Gasteiger partial charge in [0.2, 0.25) is 6.17 Å². The van der Waals surface area contributed by atoms with Crippen LogP contribution in [-0.2, 0) is 20.7 Å². The lowest BCUT2D eigenvalue weighted by Crippen LogP contribution is -2.17. The van der Waals surface area contributed by atoms with E-state index in [1.165, 1.54) is 6.92 Å². The highest BCUT2D eigenvalue weighted by Crippen LogP contribution is 2.11. The van der Waals surface area contributed by atoms with Crippen molar-refractivity contribution in [2.24, 2.45) is 0 Å². The Morgan fingerprint density at radius 3 is 2.84 bits per heavy atom. The van der Waals surface area contributed by atoms with E-state index < -0.39 is 12.1 Å². The summed E-state index contributed by atoms with van der Waals surface area (Å²) in [6.45, 7) is 1.49. The summed E-state index contributed by atoms with van der Waals surface area (Å²) in [7, 11) is 0. The highest BCUT2D eigenvalue weighted by molar-refractivity contribution is 5.72. The molecule has 0 heterocycles. The van der Waals surface area contributed by atoms with Crippen LogP contribution in [0.5, 0.6) is 0 Å². The Balaban J connectivity index is 2.61. The minimum absolute atomic E-state index is 0.166. The fourth-order valence-corrected chi connectivity index (χ4v) is 1.47. The molecular weight excluding hydrogens is 251 g/mol. The molecule has 0 aromatic heterocycles. The number of hydrogen-bond acceptors (Lipinski definition) is 3. The second kappa shape index (κ2) is 7.31. The lowest BCUT2D eigenvalue weighted by molar-refractivity contribution is -0.142. The zero-order chi connectivity index (χ0) is 14.3. The molecule has 0 spiro atoms. The summed E-state index contributed by atoms with van der Waals surface area (Å²) < 4.78 is 17.8. The predicted octanol–water partition coefficient (Wildman–Crippen LogP) is 2.23. The Hall–Kier alpha value is -2.17.